The summed E-state index contributed by atoms with van der Waals surface area (Å²) in [6, 6.07) is -0.449. The van der Waals surface area contributed by atoms with Gasteiger partial charge in [-0.05, 0) is 6.42 Å². The molecule has 0 atom stereocenters. The van der Waals surface area contributed by atoms with Crippen molar-refractivity contribution < 1.29 is 45.6 Å². The summed E-state index contributed by atoms with van der Waals surface area (Å²) in [6.45, 7) is 5.42. The number of hydrogen-bond donors (Lipinski definition) is 4. The molecular formula is C27H54F6NO4P. The lowest BCUT2D eigenvalue weighted by molar-refractivity contribution is -0.184. The summed E-state index contributed by atoms with van der Waals surface area (Å²) in [6.07, 6.45) is 7.42. The monoisotopic (exact) mass is 601 g/mol. The molecule has 0 fully saturated rings. The van der Waals surface area contributed by atoms with Crippen molar-refractivity contribution in [1.82, 2.24) is 5.32 Å². The molecule has 0 aromatic carbocycles. The topological polar surface area (TPSA) is 89.8 Å². The van der Waals surface area contributed by atoms with Crippen molar-refractivity contribution >= 4 is 7.82 Å². The average Bonchev–Trinajstić information content (AvgIpc) is 2.71. The molecule has 0 aliphatic rings. The summed E-state index contributed by atoms with van der Waals surface area (Å²) in [5, 5.41) is 2.62. The van der Waals surface area contributed by atoms with Crippen LogP contribution in [-0.4, -0.2) is 38.6 Å². The Labute approximate surface area is 232 Å². The van der Waals surface area contributed by atoms with E-state index in [0.29, 0.717) is 12.8 Å². The van der Waals surface area contributed by atoms with Crippen molar-refractivity contribution in [3.63, 3.8) is 0 Å². The third kappa shape index (κ3) is 35.6. The molecule has 0 heterocycles. The molecule has 238 valence electrons. The molecule has 0 saturated heterocycles. The zero-order valence-electron chi connectivity index (χ0n) is 24.2. The molecule has 5 nitrogen and oxygen atoms in total. The number of alkyl halides is 6. The molecule has 0 aromatic rings. The van der Waals surface area contributed by atoms with Crippen LogP contribution >= 0.6 is 7.82 Å². The molecule has 4 N–H and O–H groups in total. The largest absolute Gasteiger partial charge is 0.466 e. The molecule has 0 aliphatic heterocycles. The third-order valence-corrected chi connectivity index (χ3v) is 6.43. The fourth-order valence-corrected chi connectivity index (χ4v) is 4.98. The Morgan fingerprint density at radius 2 is 0.846 bits per heavy atom. The maximum Gasteiger partial charge on any atom is 0.466 e. The maximum atomic E-state index is 13.1. The molecule has 0 spiro atoms. The lowest BCUT2D eigenvalue weighted by atomic mass is 9.84. The van der Waals surface area contributed by atoms with Gasteiger partial charge >= 0.3 is 20.2 Å². The van der Waals surface area contributed by atoms with Crippen LogP contribution in [0.15, 0.2) is 0 Å². The van der Waals surface area contributed by atoms with Crippen LogP contribution in [0.2, 0.25) is 0 Å². The number of hydrogen-bond acceptors (Lipinski definition) is 2. The van der Waals surface area contributed by atoms with Gasteiger partial charge in [0, 0.05) is 11.6 Å². The van der Waals surface area contributed by atoms with Gasteiger partial charge in [0.05, 0.1) is 12.8 Å². The highest BCUT2D eigenvalue weighted by molar-refractivity contribution is 7.45. The van der Waals surface area contributed by atoms with E-state index in [-0.39, 0.29) is 6.42 Å². The van der Waals surface area contributed by atoms with Gasteiger partial charge in [-0.15, -0.1) is 0 Å². The number of rotatable bonds is 22. The van der Waals surface area contributed by atoms with Crippen molar-refractivity contribution in [3.8, 4) is 0 Å². The summed E-state index contributed by atoms with van der Waals surface area (Å²) in [5.41, 5.74) is -1.97. The van der Waals surface area contributed by atoms with Crippen molar-refractivity contribution in [2.24, 2.45) is 0 Å². The fraction of sp³-hybridized carbons (Fsp3) is 1.00. The molecule has 0 amide bonds. The van der Waals surface area contributed by atoms with Gasteiger partial charge in [-0.25, -0.2) is 4.57 Å². The van der Waals surface area contributed by atoms with E-state index in [1.807, 2.05) is 0 Å². The molecule has 39 heavy (non-hydrogen) atoms. The van der Waals surface area contributed by atoms with Crippen LogP contribution in [0, 0.1) is 0 Å². The molecule has 0 aromatic heterocycles. The van der Waals surface area contributed by atoms with Crippen LogP contribution in [0.5, 0.6) is 0 Å². The van der Waals surface area contributed by atoms with Gasteiger partial charge in [0.2, 0.25) is 0 Å². The first kappa shape index (κ1) is 40.8. The van der Waals surface area contributed by atoms with E-state index >= 15 is 0 Å². The van der Waals surface area contributed by atoms with Crippen LogP contribution in [0.3, 0.4) is 0 Å². The molecule has 0 radical (unpaired) electrons. The SMILES string of the molecule is CCCCCCCCCCCCCCCCCCCC(CC(F)(F)F)(CC(F)(F)F)NC(C)C.O=P(O)(O)O. The number of halogens is 6. The van der Waals surface area contributed by atoms with Gasteiger partial charge in [-0.1, -0.05) is 130 Å². The Balaban J connectivity index is 0. The standard InChI is InChI=1S/C27H51F6N.H3O4P/c1-4-5-6-7-8-9-10-11-12-13-14-15-16-17-18-19-20-21-25(34-24(2)3,22-26(28,29)30)23-27(31,32)33;1-5(2,3)4/h24,34H,4-23H2,1-3H3;(H3,1,2,3,4). The first-order chi connectivity index (χ1) is 17.9. The van der Waals surface area contributed by atoms with Gasteiger partial charge in [0.15, 0.2) is 0 Å². The second-order valence-electron chi connectivity index (χ2n) is 11.1. The highest BCUT2D eigenvalue weighted by Crippen LogP contribution is 2.39. The van der Waals surface area contributed by atoms with Gasteiger partial charge < -0.3 is 20.0 Å². The molecule has 0 unspecified atom stereocenters. The first-order valence-corrected chi connectivity index (χ1v) is 16.1. The first-order valence-electron chi connectivity index (χ1n) is 14.6. The van der Waals surface area contributed by atoms with Gasteiger partial charge in [0.1, 0.15) is 0 Å². The highest BCUT2D eigenvalue weighted by Gasteiger charge is 2.48. The molecular weight excluding hydrogens is 547 g/mol. The molecule has 0 aliphatic carbocycles. The Kier molecular flexibility index (Phi) is 23.3. The summed E-state index contributed by atoms with van der Waals surface area (Å²) >= 11 is 0. The van der Waals surface area contributed by atoms with Gasteiger partial charge in [0.25, 0.3) is 0 Å². The second kappa shape index (κ2) is 22.3. The molecule has 12 heteroatoms. The average molecular weight is 602 g/mol. The lowest BCUT2D eigenvalue weighted by Crippen LogP contribution is -2.53. The van der Waals surface area contributed by atoms with Crippen molar-refractivity contribution in [2.45, 2.75) is 173 Å². The number of unbranched alkanes of at least 4 members (excludes halogenated alkanes) is 16. The summed E-state index contributed by atoms with van der Waals surface area (Å²) in [5.74, 6) is 0. The van der Waals surface area contributed by atoms with Crippen LogP contribution in [0.25, 0.3) is 0 Å². The zero-order valence-corrected chi connectivity index (χ0v) is 25.1. The van der Waals surface area contributed by atoms with Crippen molar-refractivity contribution in [2.75, 3.05) is 0 Å². The van der Waals surface area contributed by atoms with Crippen molar-refractivity contribution in [3.05, 3.63) is 0 Å². The van der Waals surface area contributed by atoms with E-state index in [9.17, 15) is 26.3 Å². The Hall–Kier alpha value is -0.350. The Morgan fingerprint density at radius 3 is 1.08 bits per heavy atom. The maximum absolute atomic E-state index is 13.1. The van der Waals surface area contributed by atoms with E-state index < -0.39 is 44.6 Å². The summed E-state index contributed by atoms with van der Waals surface area (Å²) in [4.78, 5) is 21.6. The van der Waals surface area contributed by atoms with E-state index in [2.05, 4.69) is 12.2 Å². The van der Waals surface area contributed by atoms with E-state index in [1.54, 1.807) is 13.8 Å². The minimum Gasteiger partial charge on any atom is -0.308 e. The van der Waals surface area contributed by atoms with Crippen molar-refractivity contribution in [1.29, 1.82) is 0 Å². The quantitative estimate of drug-likeness (QED) is 0.0564. The van der Waals surface area contributed by atoms with Crippen LogP contribution < -0.4 is 5.32 Å². The summed E-state index contributed by atoms with van der Waals surface area (Å²) in [7, 11) is -4.64. The van der Waals surface area contributed by atoms with Crippen LogP contribution in [0.1, 0.15) is 149 Å². The van der Waals surface area contributed by atoms with Crippen LogP contribution in [0.4, 0.5) is 26.3 Å². The van der Waals surface area contributed by atoms with E-state index in [4.69, 9.17) is 19.2 Å². The minimum atomic E-state index is -4.64. The third-order valence-electron chi connectivity index (χ3n) is 6.43. The highest BCUT2D eigenvalue weighted by atomic mass is 31.2. The summed E-state index contributed by atoms with van der Waals surface area (Å²) < 4.78 is 87.4. The lowest BCUT2D eigenvalue weighted by Gasteiger charge is -2.38. The van der Waals surface area contributed by atoms with Crippen LogP contribution in [-0.2, 0) is 4.57 Å². The smallest absolute Gasteiger partial charge is 0.308 e. The van der Waals surface area contributed by atoms with Gasteiger partial charge in [-0.3, -0.25) is 0 Å². The van der Waals surface area contributed by atoms with E-state index in [1.165, 1.54) is 70.6 Å². The minimum absolute atomic E-state index is 0.108. The molecule has 0 saturated carbocycles. The number of nitrogens with one attached hydrogen (secondary N) is 1. The molecule has 0 rings (SSSR count). The molecule has 0 bridgehead atoms. The predicted octanol–water partition coefficient (Wildman–Crippen LogP) is 9.74. The van der Waals surface area contributed by atoms with Gasteiger partial charge in [-0.2, -0.15) is 26.3 Å². The predicted molar refractivity (Wildman–Crippen MR) is 145 cm³/mol. The number of phosphoric acid groups is 1. The zero-order chi connectivity index (χ0) is 30.4. The normalized spacial score (nSPS) is 13.1. The Morgan fingerprint density at radius 1 is 0.590 bits per heavy atom. The second-order valence-corrected chi connectivity index (χ2v) is 12.1. The fourth-order valence-electron chi connectivity index (χ4n) is 4.98. The Bertz CT molecular complexity index is 588. The van der Waals surface area contributed by atoms with E-state index in [0.717, 1.165) is 25.7 Å².